The molecule has 4 rings (SSSR count). The molecule has 4 aromatic rings. The van der Waals surface area contributed by atoms with Gasteiger partial charge in [0.2, 0.25) is 5.91 Å². The molecule has 1 atom stereocenters. The summed E-state index contributed by atoms with van der Waals surface area (Å²) in [5.74, 6) is -6.85. The molecule has 260 valence electrons. The van der Waals surface area contributed by atoms with Crippen LogP contribution >= 0.6 is 0 Å². The van der Waals surface area contributed by atoms with Crippen molar-refractivity contribution in [3.63, 3.8) is 0 Å². The number of amides is 3. The van der Waals surface area contributed by atoms with Crippen LogP contribution in [0.5, 0.6) is 11.5 Å². The van der Waals surface area contributed by atoms with Gasteiger partial charge in [-0.1, -0.05) is 48.5 Å². The summed E-state index contributed by atoms with van der Waals surface area (Å²) in [6, 6.07) is 18.3. The third kappa shape index (κ3) is 8.63. The van der Waals surface area contributed by atoms with Crippen molar-refractivity contribution in [1.82, 2.24) is 10.6 Å². The molecule has 0 aromatic heterocycles. The number of ether oxygens (including phenoxy) is 2. The molecule has 0 heterocycles. The SMILES string of the molecule is COC(=O)N[C@@H](Cc1ccc(N(C(=O)C(=O)O)c2ccccc2C(=O)O)cc1)C(=O)NCCCCOc1cc2ccccc2c(O)c1C(=O)O. The first-order valence-electron chi connectivity index (χ1n) is 15.1. The van der Waals surface area contributed by atoms with Crippen LogP contribution in [0.25, 0.3) is 10.8 Å². The largest absolute Gasteiger partial charge is 0.506 e. The molecular formula is C35H33N3O12. The van der Waals surface area contributed by atoms with E-state index in [0.29, 0.717) is 29.2 Å². The molecule has 4 aromatic carbocycles. The second-order valence-corrected chi connectivity index (χ2v) is 10.8. The maximum Gasteiger partial charge on any atom is 0.407 e. The van der Waals surface area contributed by atoms with E-state index in [9.17, 15) is 49.2 Å². The number of methoxy groups -OCH3 is 1. The van der Waals surface area contributed by atoms with E-state index in [0.717, 1.165) is 12.0 Å². The van der Waals surface area contributed by atoms with Gasteiger partial charge in [-0.3, -0.25) is 14.5 Å². The van der Waals surface area contributed by atoms with E-state index in [2.05, 4.69) is 15.4 Å². The van der Waals surface area contributed by atoms with Gasteiger partial charge in [0, 0.05) is 24.0 Å². The van der Waals surface area contributed by atoms with Crippen LogP contribution in [0.2, 0.25) is 0 Å². The molecule has 0 saturated heterocycles. The maximum atomic E-state index is 13.1. The van der Waals surface area contributed by atoms with Crippen molar-refractivity contribution in [1.29, 1.82) is 0 Å². The summed E-state index contributed by atoms with van der Waals surface area (Å²) in [7, 11) is 1.13. The highest BCUT2D eigenvalue weighted by Crippen LogP contribution is 2.36. The van der Waals surface area contributed by atoms with Crippen LogP contribution in [0.1, 0.15) is 39.1 Å². The number of aromatic hydroxyl groups is 1. The van der Waals surface area contributed by atoms with E-state index in [1.54, 1.807) is 24.3 Å². The molecule has 0 radical (unpaired) electrons. The fourth-order valence-corrected chi connectivity index (χ4v) is 5.11. The molecule has 0 fully saturated rings. The number of hydrogen-bond donors (Lipinski definition) is 6. The van der Waals surface area contributed by atoms with Crippen LogP contribution in [0.4, 0.5) is 16.2 Å². The summed E-state index contributed by atoms with van der Waals surface area (Å²) in [5, 5.41) is 45.3. The number of anilines is 2. The van der Waals surface area contributed by atoms with E-state index in [1.807, 2.05) is 0 Å². The van der Waals surface area contributed by atoms with E-state index < -0.39 is 47.6 Å². The lowest BCUT2D eigenvalue weighted by molar-refractivity contribution is -0.148. The summed E-state index contributed by atoms with van der Waals surface area (Å²) < 4.78 is 10.3. The topological polar surface area (TPSA) is 229 Å². The third-order valence-corrected chi connectivity index (χ3v) is 7.52. The summed E-state index contributed by atoms with van der Waals surface area (Å²) in [4.78, 5) is 73.7. The second kappa shape index (κ2) is 16.5. The summed E-state index contributed by atoms with van der Waals surface area (Å²) >= 11 is 0. The van der Waals surface area contributed by atoms with Crippen LogP contribution in [-0.2, 0) is 25.5 Å². The zero-order chi connectivity index (χ0) is 36.4. The molecule has 15 heteroatoms. The Balaban J connectivity index is 1.39. The van der Waals surface area contributed by atoms with Crippen molar-refractivity contribution in [3.8, 4) is 11.5 Å². The number of aliphatic carboxylic acids is 1. The number of carbonyl (C=O) groups is 6. The van der Waals surface area contributed by atoms with Crippen molar-refractivity contribution in [2.45, 2.75) is 25.3 Å². The Morgan fingerprint density at radius 1 is 0.840 bits per heavy atom. The fraction of sp³-hybridized carbons (Fsp3) is 0.200. The van der Waals surface area contributed by atoms with Gasteiger partial charge in [0.1, 0.15) is 23.1 Å². The highest BCUT2D eigenvalue weighted by molar-refractivity contribution is 6.39. The first-order chi connectivity index (χ1) is 23.9. The van der Waals surface area contributed by atoms with Gasteiger partial charge in [0.25, 0.3) is 0 Å². The zero-order valence-electron chi connectivity index (χ0n) is 26.6. The number of carbonyl (C=O) groups excluding carboxylic acids is 3. The van der Waals surface area contributed by atoms with E-state index in [-0.39, 0.29) is 47.8 Å². The minimum absolute atomic E-state index is 0.00707. The number of rotatable bonds is 14. The van der Waals surface area contributed by atoms with Crippen LogP contribution in [-0.4, -0.2) is 82.5 Å². The fourth-order valence-electron chi connectivity index (χ4n) is 5.11. The Bertz CT molecular complexity index is 1930. The average Bonchev–Trinajstić information content (AvgIpc) is 3.10. The van der Waals surface area contributed by atoms with Gasteiger partial charge < -0.3 is 40.5 Å². The number of alkyl carbamates (subject to hydrolysis) is 1. The van der Waals surface area contributed by atoms with E-state index >= 15 is 0 Å². The Morgan fingerprint density at radius 2 is 1.52 bits per heavy atom. The minimum atomic E-state index is -1.81. The lowest BCUT2D eigenvalue weighted by Gasteiger charge is -2.23. The quantitative estimate of drug-likeness (QED) is 0.0818. The molecule has 0 spiro atoms. The monoisotopic (exact) mass is 687 g/mol. The summed E-state index contributed by atoms with van der Waals surface area (Å²) in [6.07, 6.45) is -0.0862. The van der Waals surface area contributed by atoms with Gasteiger partial charge >= 0.3 is 29.9 Å². The number of carboxylic acid groups (broad SMARTS) is 3. The van der Waals surface area contributed by atoms with Gasteiger partial charge in [0.05, 0.1) is 25.0 Å². The van der Waals surface area contributed by atoms with Gasteiger partial charge in [-0.15, -0.1) is 0 Å². The molecule has 0 bridgehead atoms. The van der Waals surface area contributed by atoms with E-state index in [1.165, 1.54) is 54.6 Å². The Morgan fingerprint density at radius 3 is 2.18 bits per heavy atom. The predicted octanol–water partition coefficient (Wildman–Crippen LogP) is 3.93. The molecule has 3 amide bonds. The van der Waals surface area contributed by atoms with Gasteiger partial charge in [0.15, 0.2) is 0 Å². The normalized spacial score (nSPS) is 11.2. The predicted molar refractivity (Wildman–Crippen MR) is 178 cm³/mol. The van der Waals surface area contributed by atoms with Crippen molar-refractivity contribution in [2.75, 3.05) is 25.2 Å². The number of aromatic carboxylic acids is 2. The number of unbranched alkanes of at least 4 members (excludes halogenated alkanes) is 1. The Labute approximate surface area is 284 Å². The van der Waals surface area contributed by atoms with Crippen molar-refractivity contribution in [2.24, 2.45) is 0 Å². The number of benzene rings is 4. The summed E-state index contributed by atoms with van der Waals surface area (Å²) in [5.41, 5.74) is -0.259. The number of nitrogens with one attached hydrogen (secondary N) is 2. The lowest BCUT2D eigenvalue weighted by Crippen LogP contribution is -2.48. The van der Waals surface area contributed by atoms with Crippen LogP contribution in [0.15, 0.2) is 78.9 Å². The van der Waals surface area contributed by atoms with Crippen LogP contribution in [0, 0.1) is 0 Å². The Kier molecular flexibility index (Phi) is 11.9. The highest BCUT2D eigenvalue weighted by Gasteiger charge is 2.28. The number of nitrogens with zero attached hydrogens (tertiary/aromatic N) is 1. The number of phenols is 1. The Hall–Kier alpha value is -6.64. The third-order valence-electron chi connectivity index (χ3n) is 7.52. The smallest absolute Gasteiger partial charge is 0.407 e. The van der Waals surface area contributed by atoms with Crippen molar-refractivity contribution >= 4 is 58.0 Å². The number of carboxylic acids is 3. The van der Waals surface area contributed by atoms with Crippen molar-refractivity contribution in [3.05, 3.63) is 95.6 Å². The molecule has 50 heavy (non-hydrogen) atoms. The molecule has 0 aliphatic rings. The van der Waals surface area contributed by atoms with E-state index in [4.69, 9.17) is 4.74 Å². The lowest BCUT2D eigenvalue weighted by atomic mass is 10.0. The van der Waals surface area contributed by atoms with Gasteiger partial charge in [-0.25, -0.2) is 19.2 Å². The van der Waals surface area contributed by atoms with Crippen LogP contribution < -0.4 is 20.3 Å². The number of hydrogen-bond acceptors (Lipinski definition) is 9. The molecule has 6 N–H and O–H groups in total. The molecule has 15 nitrogen and oxygen atoms in total. The summed E-state index contributed by atoms with van der Waals surface area (Å²) in [6.45, 7) is 0.257. The van der Waals surface area contributed by atoms with Gasteiger partial charge in [-0.2, -0.15) is 0 Å². The zero-order valence-corrected chi connectivity index (χ0v) is 26.6. The molecular weight excluding hydrogens is 654 g/mol. The number of fused-ring (bicyclic) bond motifs is 1. The maximum absolute atomic E-state index is 13.1. The molecule has 0 unspecified atom stereocenters. The molecule has 0 aliphatic carbocycles. The highest BCUT2D eigenvalue weighted by atomic mass is 16.5. The standard InChI is InChI=1S/C35H33N3O12/c1-49-35(48)37-25(18-20-12-14-22(15-13-20)38(31(41)34(46)47)26-11-5-4-10-24(26)32(42)43)30(40)36-16-6-7-17-50-27-19-21-8-2-3-9-23(21)29(39)28(27)33(44)45/h2-5,8-15,19,25,39H,6-7,16-18H2,1H3,(H,36,40)(H,37,48)(H,42,43)(H,44,45)(H,46,47)/t25-/m0/s1. The minimum Gasteiger partial charge on any atom is -0.506 e. The average molecular weight is 688 g/mol. The first-order valence-corrected chi connectivity index (χ1v) is 15.1. The first kappa shape index (κ1) is 36.2. The van der Waals surface area contributed by atoms with Crippen LogP contribution in [0.3, 0.4) is 0 Å². The van der Waals surface area contributed by atoms with Gasteiger partial charge in [-0.05, 0) is 54.1 Å². The van der Waals surface area contributed by atoms with Crippen molar-refractivity contribution < 1.29 is 58.7 Å². The molecule has 0 saturated carbocycles. The molecule has 0 aliphatic heterocycles. The number of para-hydroxylation sites is 1. The second-order valence-electron chi connectivity index (χ2n) is 10.8.